The number of guanidine groups is 1. The summed E-state index contributed by atoms with van der Waals surface area (Å²) < 4.78 is 29.7. The van der Waals surface area contributed by atoms with Gasteiger partial charge in [-0.3, -0.25) is 4.99 Å². The fraction of sp³-hybridized carbons (Fsp3) is 0.632. The Kier molecular flexibility index (Phi) is 11.4. The predicted octanol–water partition coefficient (Wildman–Crippen LogP) is 4.34. The molecule has 0 aliphatic carbocycles. The molecule has 0 atom stereocenters. The number of rotatable bonds is 7. The minimum atomic E-state index is -2.88. The van der Waals surface area contributed by atoms with Gasteiger partial charge in [0.1, 0.15) is 5.75 Å². The van der Waals surface area contributed by atoms with E-state index in [1.54, 1.807) is 13.1 Å². The van der Waals surface area contributed by atoms with E-state index in [-0.39, 0.29) is 36.3 Å². The summed E-state index contributed by atoms with van der Waals surface area (Å²) >= 11 is 5.99. The number of halogens is 4. The summed E-state index contributed by atoms with van der Waals surface area (Å²) in [7, 11) is 1.69. The summed E-state index contributed by atoms with van der Waals surface area (Å²) in [6, 6.07) is 4.94. The second-order valence-corrected chi connectivity index (χ2v) is 7.61. The van der Waals surface area contributed by atoms with Crippen molar-refractivity contribution in [1.29, 1.82) is 0 Å². The molecular formula is C19H30ClF2IN4O. The van der Waals surface area contributed by atoms with Gasteiger partial charge in [0.25, 0.3) is 0 Å². The fourth-order valence-electron chi connectivity index (χ4n) is 3.24. The number of aliphatic imine (C=N–C) groups is 1. The van der Waals surface area contributed by atoms with Crippen LogP contribution in [0, 0.1) is 5.92 Å². The van der Waals surface area contributed by atoms with E-state index >= 15 is 0 Å². The average Bonchev–Trinajstić information content (AvgIpc) is 2.61. The Hall–Kier alpha value is -0.870. The maximum Gasteiger partial charge on any atom is 0.387 e. The summed E-state index contributed by atoms with van der Waals surface area (Å²) in [5, 5.41) is 7.04. The number of piperidine rings is 1. The van der Waals surface area contributed by atoms with E-state index in [2.05, 4.69) is 39.1 Å². The van der Waals surface area contributed by atoms with Crippen molar-refractivity contribution < 1.29 is 13.5 Å². The number of ether oxygens (including phenoxy) is 1. The fourth-order valence-corrected chi connectivity index (χ4v) is 3.44. The first-order valence-electron chi connectivity index (χ1n) is 9.30. The summed E-state index contributed by atoms with van der Waals surface area (Å²) in [4.78, 5) is 6.72. The molecule has 9 heteroatoms. The summed E-state index contributed by atoms with van der Waals surface area (Å²) in [6.45, 7) is 5.13. The third kappa shape index (κ3) is 8.65. The van der Waals surface area contributed by atoms with E-state index in [4.69, 9.17) is 11.6 Å². The Labute approximate surface area is 188 Å². The lowest BCUT2D eigenvalue weighted by atomic mass is 10.0. The van der Waals surface area contributed by atoms with Crippen LogP contribution in [-0.4, -0.2) is 50.2 Å². The highest BCUT2D eigenvalue weighted by Crippen LogP contribution is 2.24. The molecule has 0 bridgehead atoms. The molecule has 0 unspecified atom stereocenters. The zero-order chi connectivity index (χ0) is 19.8. The second kappa shape index (κ2) is 12.6. The molecule has 2 N–H and O–H groups in total. The van der Waals surface area contributed by atoms with E-state index in [1.165, 1.54) is 12.1 Å². The van der Waals surface area contributed by atoms with Gasteiger partial charge < -0.3 is 20.3 Å². The van der Waals surface area contributed by atoms with Crippen LogP contribution in [0.25, 0.3) is 0 Å². The van der Waals surface area contributed by atoms with Gasteiger partial charge in [0, 0.05) is 49.9 Å². The van der Waals surface area contributed by atoms with Gasteiger partial charge in [-0.25, -0.2) is 0 Å². The number of likely N-dealkylation sites (tertiary alicyclic amines) is 1. The third-order valence-corrected chi connectivity index (χ3v) is 4.70. The van der Waals surface area contributed by atoms with Crippen LogP contribution in [0.4, 0.5) is 8.78 Å². The van der Waals surface area contributed by atoms with E-state index in [1.807, 2.05) is 0 Å². The Morgan fingerprint density at radius 1 is 1.32 bits per heavy atom. The van der Waals surface area contributed by atoms with Gasteiger partial charge in [-0.2, -0.15) is 8.78 Å². The topological polar surface area (TPSA) is 48.9 Å². The molecule has 0 amide bonds. The molecule has 1 aliphatic rings. The van der Waals surface area contributed by atoms with Gasteiger partial charge in [0.05, 0.1) is 0 Å². The Bertz CT molecular complexity index is 626. The molecule has 5 nitrogen and oxygen atoms in total. The zero-order valence-electron chi connectivity index (χ0n) is 16.6. The first kappa shape index (κ1) is 25.2. The molecule has 1 aromatic rings. The molecule has 1 heterocycles. The first-order chi connectivity index (χ1) is 12.9. The summed E-state index contributed by atoms with van der Waals surface area (Å²) in [6.07, 6.45) is 2.09. The molecule has 1 aromatic carbocycles. The molecule has 0 aromatic heterocycles. The lowest BCUT2D eigenvalue weighted by Crippen LogP contribution is -2.49. The van der Waals surface area contributed by atoms with Crippen LogP contribution in [0.3, 0.4) is 0 Å². The van der Waals surface area contributed by atoms with Gasteiger partial charge in [-0.1, -0.05) is 25.4 Å². The number of nitrogens with zero attached hydrogens (tertiary/aromatic N) is 2. The standard InChI is InChI=1S/C19H29ClF2N4O.HI/c1-13(2)12-26-8-6-16(7-9-26)25-19(23-3)24-11-14-10-15(20)4-5-17(14)27-18(21)22;/h4-5,10,13,16,18H,6-9,11-12H2,1-3H3,(H2,23,24,25);1H. The van der Waals surface area contributed by atoms with Crippen molar-refractivity contribution >= 4 is 41.5 Å². The molecular weight excluding hydrogens is 501 g/mol. The largest absolute Gasteiger partial charge is 0.434 e. The first-order valence-corrected chi connectivity index (χ1v) is 9.68. The molecule has 0 radical (unpaired) electrons. The second-order valence-electron chi connectivity index (χ2n) is 7.17. The van der Waals surface area contributed by atoms with Crippen LogP contribution in [0.2, 0.25) is 5.02 Å². The Morgan fingerprint density at radius 2 is 2.00 bits per heavy atom. The van der Waals surface area contributed by atoms with Crippen molar-refractivity contribution in [3.63, 3.8) is 0 Å². The molecule has 1 fully saturated rings. The highest BCUT2D eigenvalue weighted by atomic mass is 127. The Morgan fingerprint density at radius 3 is 2.57 bits per heavy atom. The van der Waals surface area contributed by atoms with E-state index < -0.39 is 6.61 Å². The maximum absolute atomic E-state index is 12.6. The van der Waals surface area contributed by atoms with Crippen molar-refractivity contribution in [1.82, 2.24) is 15.5 Å². The maximum atomic E-state index is 12.6. The van der Waals surface area contributed by atoms with Crippen LogP contribution in [-0.2, 0) is 6.54 Å². The molecule has 160 valence electrons. The normalized spacial score (nSPS) is 16.2. The third-order valence-electron chi connectivity index (χ3n) is 4.46. The molecule has 0 saturated carbocycles. The van der Waals surface area contributed by atoms with Crippen LogP contribution in [0.5, 0.6) is 5.75 Å². The van der Waals surface area contributed by atoms with Crippen LogP contribution in [0.1, 0.15) is 32.3 Å². The van der Waals surface area contributed by atoms with Crippen molar-refractivity contribution in [3.8, 4) is 5.75 Å². The van der Waals surface area contributed by atoms with Gasteiger partial charge in [0.15, 0.2) is 5.96 Å². The summed E-state index contributed by atoms with van der Waals surface area (Å²) in [5.41, 5.74) is 0.553. The minimum Gasteiger partial charge on any atom is -0.434 e. The number of hydrogen-bond donors (Lipinski definition) is 2. The van der Waals surface area contributed by atoms with E-state index in [0.717, 1.165) is 32.5 Å². The van der Waals surface area contributed by atoms with Gasteiger partial charge >= 0.3 is 6.61 Å². The van der Waals surface area contributed by atoms with Crippen LogP contribution >= 0.6 is 35.6 Å². The Balaban J connectivity index is 0.00000392. The quantitative estimate of drug-likeness (QED) is 0.313. The van der Waals surface area contributed by atoms with Gasteiger partial charge in [-0.15, -0.1) is 24.0 Å². The predicted molar refractivity (Wildman–Crippen MR) is 121 cm³/mol. The van der Waals surface area contributed by atoms with Gasteiger partial charge in [0.2, 0.25) is 0 Å². The lowest BCUT2D eigenvalue weighted by molar-refractivity contribution is -0.0504. The highest BCUT2D eigenvalue weighted by Gasteiger charge is 2.20. The van der Waals surface area contributed by atoms with E-state index in [9.17, 15) is 8.78 Å². The lowest BCUT2D eigenvalue weighted by Gasteiger charge is -2.34. The number of alkyl halides is 2. The minimum absolute atomic E-state index is 0. The van der Waals surface area contributed by atoms with Crippen molar-refractivity contribution in [2.24, 2.45) is 10.9 Å². The molecule has 0 spiro atoms. The van der Waals surface area contributed by atoms with Crippen molar-refractivity contribution in [3.05, 3.63) is 28.8 Å². The average molecular weight is 531 g/mol. The monoisotopic (exact) mass is 530 g/mol. The van der Waals surface area contributed by atoms with Crippen LogP contribution < -0.4 is 15.4 Å². The molecule has 1 aliphatic heterocycles. The molecule has 1 saturated heterocycles. The zero-order valence-corrected chi connectivity index (χ0v) is 19.6. The van der Waals surface area contributed by atoms with Crippen molar-refractivity contribution in [2.75, 3.05) is 26.7 Å². The van der Waals surface area contributed by atoms with E-state index in [0.29, 0.717) is 28.5 Å². The molecule has 2 rings (SSSR count). The number of benzene rings is 1. The molecule has 28 heavy (non-hydrogen) atoms. The highest BCUT2D eigenvalue weighted by molar-refractivity contribution is 14.0. The number of nitrogens with one attached hydrogen (secondary N) is 2. The van der Waals surface area contributed by atoms with Gasteiger partial charge in [-0.05, 0) is 37.0 Å². The van der Waals surface area contributed by atoms with Crippen LogP contribution in [0.15, 0.2) is 23.2 Å². The number of hydrogen-bond acceptors (Lipinski definition) is 3. The van der Waals surface area contributed by atoms with Crippen molar-refractivity contribution in [2.45, 2.75) is 45.9 Å². The summed E-state index contributed by atoms with van der Waals surface area (Å²) in [5.74, 6) is 1.42. The smallest absolute Gasteiger partial charge is 0.387 e. The SMILES string of the molecule is CN=C(NCc1cc(Cl)ccc1OC(F)F)NC1CCN(CC(C)C)CC1.I.